The number of amides is 1. The van der Waals surface area contributed by atoms with Gasteiger partial charge in [0.2, 0.25) is 5.91 Å². The molecule has 1 amide bonds. The molecule has 2 aliphatic rings. The van der Waals surface area contributed by atoms with Crippen LogP contribution < -0.4 is 5.32 Å². The van der Waals surface area contributed by atoms with E-state index in [-0.39, 0.29) is 17.2 Å². The Morgan fingerprint density at radius 2 is 2.15 bits per heavy atom. The molecule has 2 heterocycles. The summed E-state index contributed by atoms with van der Waals surface area (Å²) in [6, 6.07) is 2.03. The van der Waals surface area contributed by atoms with Crippen LogP contribution in [0, 0.1) is 24.7 Å². The smallest absolute Gasteiger partial charge is 0.277 e. The average molecular weight is 375 g/mol. The first kappa shape index (κ1) is 17.6. The van der Waals surface area contributed by atoms with Gasteiger partial charge in [0, 0.05) is 6.04 Å². The number of hydrogen-bond acceptors (Lipinski definition) is 6. The van der Waals surface area contributed by atoms with Crippen molar-refractivity contribution in [3.8, 4) is 11.5 Å². The fraction of sp³-hybridized carbons (Fsp3) is 0.632. The second-order valence-electron chi connectivity index (χ2n) is 7.66. The Hall–Kier alpha value is -1.76. The number of furan rings is 1. The second kappa shape index (κ2) is 7.10. The molecule has 1 N–H and O–H groups in total. The molecule has 0 radical (unpaired) electrons. The number of thioether (sulfide) groups is 1. The van der Waals surface area contributed by atoms with Crippen molar-refractivity contribution >= 4 is 17.7 Å². The molecule has 2 saturated carbocycles. The largest absolute Gasteiger partial charge is 0.469 e. The fourth-order valence-electron chi connectivity index (χ4n) is 4.53. The summed E-state index contributed by atoms with van der Waals surface area (Å²) in [5, 5.41) is 11.4. The Balaban J connectivity index is 1.33. The lowest BCUT2D eigenvalue weighted by atomic mass is 9.84. The maximum atomic E-state index is 12.6. The predicted molar refractivity (Wildman–Crippen MR) is 98.6 cm³/mol. The minimum atomic E-state index is -0.283. The molecule has 26 heavy (non-hydrogen) atoms. The molecule has 2 aromatic rings. The zero-order chi connectivity index (χ0) is 18.3. The summed E-state index contributed by atoms with van der Waals surface area (Å²) in [7, 11) is 0. The molecule has 2 aliphatic carbocycles. The highest BCUT2D eigenvalue weighted by Crippen LogP contribution is 2.49. The van der Waals surface area contributed by atoms with Gasteiger partial charge in [-0.2, -0.15) is 0 Å². The molecular formula is C19H25N3O3S. The van der Waals surface area contributed by atoms with Gasteiger partial charge < -0.3 is 14.2 Å². The van der Waals surface area contributed by atoms with E-state index < -0.39 is 0 Å². The molecule has 140 valence electrons. The molecule has 2 fully saturated rings. The number of nitrogens with zero attached hydrogens (tertiary/aromatic N) is 2. The van der Waals surface area contributed by atoms with Crippen LogP contribution in [0.1, 0.15) is 45.3 Å². The van der Waals surface area contributed by atoms with Crippen molar-refractivity contribution in [2.75, 3.05) is 0 Å². The Bertz CT molecular complexity index is 787. The maximum Gasteiger partial charge on any atom is 0.277 e. The number of rotatable bonds is 6. The van der Waals surface area contributed by atoms with Crippen LogP contribution in [0.5, 0.6) is 0 Å². The Kier molecular flexibility index (Phi) is 4.82. The van der Waals surface area contributed by atoms with E-state index in [2.05, 4.69) is 22.4 Å². The van der Waals surface area contributed by atoms with Crippen LogP contribution in [-0.2, 0) is 4.79 Å². The van der Waals surface area contributed by atoms with Gasteiger partial charge >= 0.3 is 0 Å². The van der Waals surface area contributed by atoms with Gasteiger partial charge in [-0.05, 0) is 63.9 Å². The highest BCUT2D eigenvalue weighted by Gasteiger charge is 2.42. The Morgan fingerprint density at radius 1 is 1.31 bits per heavy atom. The average Bonchev–Trinajstić information content (AvgIpc) is 3.38. The van der Waals surface area contributed by atoms with E-state index in [1.807, 2.05) is 13.8 Å². The summed E-state index contributed by atoms with van der Waals surface area (Å²) in [4.78, 5) is 12.6. The highest BCUT2D eigenvalue weighted by atomic mass is 32.2. The SMILES string of the molecule is Cc1occc1-c1nnc(S[C@H](C)C(=O)N[C@H](C)[C@H]2C[C@H]3CC[C@H]2C3)o1. The fourth-order valence-corrected chi connectivity index (χ4v) is 5.23. The van der Waals surface area contributed by atoms with Crippen LogP contribution in [0.3, 0.4) is 0 Å². The number of hydrogen-bond donors (Lipinski definition) is 1. The van der Waals surface area contributed by atoms with Gasteiger partial charge in [-0.1, -0.05) is 18.2 Å². The monoisotopic (exact) mass is 375 g/mol. The van der Waals surface area contributed by atoms with Crippen molar-refractivity contribution < 1.29 is 13.6 Å². The molecular weight excluding hydrogens is 350 g/mol. The van der Waals surface area contributed by atoms with Crippen molar-refractivity contribution in [1.82, 2.24) is 15.5 Å². The summed E-state index contributed by atoms with van der Waals surface area (Å²) in [6.07, 6.45) is 6.93. The van der Waals surface area contributed by atoms with Crippen molar-refractivity contribution in [2.45, 2.75) is 63.0 Å². The molecule has 0 saturated heterocycles. The van der Waals surface area contributed by atoms with E-state index in [0.29, 0.717) is 17.0 Å². The number of aryl methyl sites for hydroxylation is 1. The van der Waals surface area contributed by atoms with E-state index in [1.165, 1.54) is 37.4 Å². The molecule has 5 atom stereocenters. The third kappa shape index (κ3) is 3.41. The molecule has 2 aromatic heterocycles. The summed E-state index contributed by atoms with van der Waals surface area (Å²) in [5.41, 5.74) is 0.784. The molecule has 0 aromatic carbocycles. The zero-order valence-electron chi connectivity index (χ0n) is 15.4. The van der Waals surface area contributed by atoms with Gasteiger partial charge in [0.05, 0.1) is 17.1 Å². The number of carbonyl (C=O) groups is 1. The lowest BCUT2D eigenvalue weighted by Gasteiger charge is -2.29. The highest BCUT2D eigenvalue weighted by molar-refractivity contribution is 8.00. The van der Waals surface area contributed by atoms with Crippen LogP contribution in [0.15, 0.2) is 26.4 Å². The molecule has 7 heteroatoms. The van der Waals surface area contributed by atoms with E-state index in [0.717, 1.165) is 23.2 Å². The zero-order valence-corrected chi connectivity index (χ0v) is 16.2. The van der Waals surface area contributed by atoms with Gasteiger partial charge in [0.1, 0.15) is 5.76 Å². The molecule has 2 bridgehead atoms. The Labute approximate surface area is 157 Å². The van der Waals surface area contributed by atoms with Gasteiger partial charge in [0.15, 0.2) is 0 Å². The normalized spacial score (nSPS) is 26.8. The Morgan fingerprint density at radius 3 is 2.81 bits per heavy atom. The molecule has 4 rings (SSSR count). The predicted octanol–water partition coefficient (Wildman–Crippen LogP) is 4.06. The molecule has 0 spiro atoms. The van der Waals surface area contributed by atoms with Gasteiger partial charge in [-0.25, -0.2) is 0 Å². The number of nitrogens with one attached hydrogen (secondary N) is 1. The van der Waals surface area contributed by atoms with Crippen molar-refractivity contribution in [3.05, 3.63) is 18.1 Å². The van der Waals surface area contributed by atoms with Crippen LogP contribution in [0.4, 0.5) is 0 Å². The van der Waals surface area contributed by atoms with E-state index in [9.17, 15) is 4.79 Å². The number of aromatic nitrogens is 2. The van der Waals surface area contributed by atoms with Gasteiger partial charge in [-0.3, -0.25) is 4.79 Å². The minimum absolute atomic E-state index is 0.0320. The topological polar surface area (TPSA) is 81.2 Å². The van der Waals surface area contributed by atoms with E-state index >= 15 is 0 Å². The van der Waals surface area contributed by atoms with E-state index in [4.69, 9.17) is 8.83 Å². The minimum Gasteiger partial charge on any atom is -0.469 e. The van der Waals surface area contributed by atoms with Crippen molar-refractivity contribution in [1.29, 1.82) is 0 Å². The summed E-state index contributed by atoms with van der Waals surface area (Å²) in [5.74, 6) is 3.50. The van der Waals surface area contributed by atoms with Crippen LogP contribution in [-0.4, -0.2) is 27.4 Å². The van der Waals surface area contributed by atoms with Gasteiger partial charge in [0.25, 0.3) is 11.1 Å². The van der Waals surface area contributed by atoms with Gasteiger partial charge in [-0.15, -0.1) is 10.2 Å². The third-order valence-electron chi connectivity index (χ3n) is 5.95. The van der Waals surface area contributed by atoms with Crippen LogP contribution in [0.2, 0.25) is 0 Å². The molecule has 6 nitrogen and oxygen atoms in total. The van der Waals surface area contributed by atoms with E-state index in [1.54, 1.807) is 12.3 Å². The number of carbonyl (C=O) groups excluding carboxylic acids is 1. The summed E-state index contributed by atoms with van der Waals surface area (Å²) in [6.45, 7) is 5.87. The van der Waals surface area contributed by atoms with Crippen LogP contribution in [0.25, 0.3) is 11.5 Å². The standard InChI is InChI=1S/C19H25N3O3S/c1-10(16-9-13-4-5-14(16)8-13)20-17(23)12(3)26-19-22-21-18(25-19)15-6-7-24-11(15)2/h6-7,10,12-14,16H,4-5,8-9H2,1-3H3,(H,20,23)/t10-,12-,13+,14+,16-/m1/s1. The third-order valence-corrected chi connectivity index (χ3v) is 6.88. The number of fused-ring (bicyclic) bond motifs is 2. The molecule has 0 aliphatic heterocycles. The first-order valence-electron chi connectivity index (χ1n) is 9.36. The van der Waals surface area contributed by atoms with Crippen molar-refractivity contribution in [3.63, 3.8) is 0 Å². The van der Waals surface area contributed by atoms with Crippen molar-refractivity contribution in [2.24, 2.45) is 17.8 Å². The first-order chi connectivity index (χ1) is 12.5. The summed E-state index contributed by atoms with van der Waals surface area (Å²) >= 11 is 1.29. The lowest BCUT2D eigenvalue weighted by Crippen LogP contribution is -2.43. The second-order valence-corrected chi connectivity index (χ2v) is 8.95. The quantitative estimate of drug-likeness (QED) is 0.767. The maximum absolute atomic E-state index is 12.6. The summed E-state index contributed by atoms with van der Waals surface area (Å²) < 4.78 is 10.9. The lowest BCUT2D eigenvalue weighted by molar-refractivity contribution is -0.121. The van der Waals surface area contributed by atoms with Crippen LogP contribution >= 0.6 is 11.8 Å². The molecule has 0 unspecified atom stereocenters. The first-order valence-corrected chi connectivity index (χ1v) is 10.2.